The zero-order valence-corrected chi connectivity index (χ0v) is 13.7. The van der Waals surface area contributed by atoms with Gasteiger partial charge in [0.15, 0.2) is 0 Å². The van der Waals surface area contributed by atoms with Crippen molar-refractivity contribution in [1.29, 1.82) is 10.5 Å². The molecule has 0 aromatic heterocycles. The molecule has 5 heteroatoms. The molecule has 0 atom stereocenters. The Morgan fingerprint density at radius 1 is 1.00 bits per heavy atom. The lowest BCUT2D eigenvalue weighted by molar-refractivity contribution is 0.415. The van der Waals surface area contributed by atoms with Crippen molar-refractivity contribution in [2.75, 3.05) is 12.4 Å². The second-order valence-corrected chi connectivity index (χ2v) is 5.18. The summed E-state index contributed by atoms with van der Waals surface area (Å²) in [5.41, 5.74) is 2.49. The number of benzene rings is 2. The van der Waals surface area contributed by atoms with Crippen LogP contribution in [0, 0.1) is 22.7 Å². The maximum absolute atomic E-state index is 8.87. The van der Waals surface area contributed by atoms with Gasteiger partial charge in [-0.15, -0.1) is 0 Å². The Kier molecular flexibility index (Phi) is 6.02. The minimum Gasteiger partial charge on any atom is -0.497 e. The highest BCUT2D eigenvalue weighted by molar-refractivity contribution is 6.30. The van der Waals surface area contributed by atoms with Crippen LogP contribution in [0.1, 0.15) is 5.56 Å². The van der Waals surface area contributed by atoms with Gasteiger partial charge in [-0.25, -0.2) is 0 Å². The highest BCUT2D eigenvalue weighted by Crippen LogP contribution is 2.22. The number of ether oxygens (including phenoxy) is 1. The molecule has 0 heterocycles. The lowest BCUT2D eigenvalue weighted by Crippen LogP contribution is -1.99. The number of hydrogen-bond acceptors (Lipinski definition) is 4. The van der Waals surface area contributed by atoms with Crippen molar-refractivity contribution in [2.45, 2.75) is 0 Å². The lowest BCUT2D eigenvalue weighted by atomic mass is 10.1. The summed E-state index contributed by atoms with van der Waals surface area (Å²) in [5.74, 6) is 0.758. The second-order valence-electron chi connectivity index (χ2n) is 4.74. The third-order valence-corrected chi connectivity index (χ3v) is 3.43. The third-order valence-electron chi connectivity index (χ3n) is 3.18. The van der Waals surface area contributed by atoms with Crippen LogP contribution >= 0.6 is 11.6 Å². The molecule has 0 unspecified atom stereocenters. The van der Waals surface area contributed by atoms with E-state index in [1.807, 2.05) is 48.5 Å². The summed E-state index contributed by atoms with van der Waals surface area (Å²) < 4.78 is 5.14. The Labute approximate surface area is 145 Å². The first-order valence-electron chi connectivity index (χ1n) is 7.05. The topological polar surface area (TPSA) is 68.8 Å². The van der Waals surface area contributed by atoms with Gasteiger partial charge in [-0.05, 0) is 54.1 Å². The maximum Gasteiger partial charge on any atom is 0.129 e. The van der Waals surface area contributed by atoms with Gasteiger partial charge in [0.2, 0.25) is 0 Å². The molecule has 0 bridgehead atoms. The second kappa shape index (κ2) is 8.43. The van der Waals surface area contributed by atoms with Crippen LogP contribution in [-0.4, -0.2) is 7.11 Å². The summed E-state index contributed by atoms with van der Waals surface area (Å²) in [6, 6.07) is 18.4. The van der Waals surface area contributed by atoms with Crippen molar-refractivity contribution in [3.05, 3.63) is 76.8 Å². The zero-order chi connectivity index (χ0) is 17.4. The Morgan fingerprint density at radius 2 is 1.62 bits per heavy atom. The van der Waals surface area contributed by atoms with E-state index in [4.69, 9.17) is 26.9 Å². The van der Waals surface area contributed by atoms with Crippen LogP contribution in [0.25, 0.3) is 5.70 Å². The molecule has 0 spiro atoms. The van der Waals surface area contributed by atoms with Crippen LogP contribution in [0.3, 0.4) is 0 Å². The monoisotopic (exact) mass is 335 g/mol. The standard InChI is InChI=1S/C19H14ClN3O/c1-24-18-9-7-17(8-10-18)23-19(11-2-14(12-21)13-22)15-3-5-16(20)6-4-15/h2-11,23H,1H3. The number of allylic oxidation sites excluding steroid dienone is 3. The molecule has 1 N–H and O–H groups in total. The summed E-state index contributed by atoms with van der Waals surface area (Å²) in [6.07, 6.45) is 3.16. The number of hydrogen-bond donors (Lipinski definition) is 1. The molecule has 2 rings (SSSR count). The molecule has 0 saturated carbocycles. The van der Waals surface area contributed by atoms with E-state index in [0.717, 1.165) is 22.7 Å². The largest absolute Gasteiger partial charge is 0.497 e. The van der Waals surface area contributed by atoms with Gasteiger partial charge < -0.3 is 10.1 Å². The summed E-state index contributed by atoms with van der Waals surface area (Å²) in [4.78, 5) is 0. The fourth-order valence-electron chi connectivity index (χ4n) is 1.94. The van der Waals surface area contributed by atoms with Crippen LogP contribution in [0.2, 0.25) is 5.02 Å². The van der Waals surface area contributed by atoms with Crippen molar-refractivity contribution >= 4 is 23.0 Å². The first kappa shape index (κ1) is 17.1. The average Bonchev–Trinajstić information content (AvgIpc) is 2.63. The van der Waals surface area contributed by atoms with Crippen LogP contribution in [0.15, 0.2) is 66.3 Å². The maximum atomic E-state index is 8.87. The number of methoxy groups -OCH3 is 1. The van der Waals surface area contributed by atoms with Gasteiger partial charge in [0.1, 0.15) is 23.5 Å². The number of halogens is 1. The van der Waals surface area contributed by atoms with Gasteiger partial charge in [0, 0.05) is 16.4 Å². The van der Waals surface area contributed by atoms with Crippen molar-refractivity contribution < 1.29 is 4.74 Å². The molecular weight excluding hydrogens is 322 g/mol. The van der Waals surface area contributed by atoms with Gasteiger partial charge in [0.25, 0.3) is 0 Å². The molecule has 118 valence electrons. The first-order chi connectivity index (χ1) is 11.7. The van der Waals surface area contributed by atoms with E-state index in [-0.39, 0.29) is 5.57 Å². The van der Waals surface area contributed by atoms with Crippen LogP contribution in [0.5, 0.6) is 5.75 Å². The quantitative estimate of drug-likeness (QED) is 0.631. The molecule has 0 aliphatic rings. The Hall–Kier alpha value is -3.21. The van der Waals surface area contributed by atoms with E-state index >= 15 is 0 Å². The normalized spacial score (nSPS) is 10.2. The van der Waals surface area contributed by atoms with Crippen molar-refractivity contribution in [3.8, 4) is 17.9 Å². The molecule has 0 aliphatic carbocycles. The summed E-state index contributed by atoms with van der Waals surface area (Å²) >= 11 is 5.93. The van der Waals surface area contributed by atoms with E-state index in [1.54, 1.807) is 25.3 Å². The number of nitrogens with one attached hydrogen (secondary N) is 1. The Bertz CT molecular complexity index is 822. The minimum absolute atomic E-state index is 0.0259. The number of rotatable bonds is 5. The lowest BCUT2D eigenvalue weighted by Gasteiger charge is -2.12. The molecular formula is C19H14ClN3O. The van der Waals surface area contributed by atoms with E-state index in [2.05, 4.69) is 5.32 Å². The molecule has 24 heavy (non-hydrogen) atoms. The molecule has 2 aromatic carbocycles. The number of anilines is 1. The SMILES string of the molecule is COc1ccc(NC(=CC=C(C#N)C#N)c2ccc(Cl)cc2)cc1. The van der Waals surface area contributed by atoms with E-state index in [0.29, 0.717) is 5.02 Å². The Morgan fingerprint density at radius 3 is 2.17 bits per heavy atom. The highest BCUT2D eigenvalue weighted by Gasteiger charge is 2.03. The Balaban J connectivity index is 2.37. The minimum atomic E-state index is 0.0259. The number of nitrogens with zero attached hydrogens (tertiary/aromatic N) is 2. The molecule has 4 nitrogen and oxygen atoms in total. The molecule has 0 saturated heterocycles. The zero-order valence-electron chi connectivity index (χ0n) is 13.0. The predicted octanol–water partition coefficient (Wildman–Crippen LogP) is 4.78. The third kappa shape index (κ3) is 4.64. The van der Waals surface area contributed by atoms with Gasteiger partial charge in [-0.2, -0.15) is 10.5 Å². The summed E-state index contributed by atoms with van der Waals surface area (Å²) in [5, 5.41) is 21.6. The van der Waals surface area contributed by atoms with Crippen LogP contribution < -0.4 is 10.1 Å². The molecule has 0 radical (unpaired) electrons. The molecule has 0 amide bonds. The summed E-state index contributed by atoms with van der Waals surface area (Å²) in [7, 11) is 1.61. The predicted molar refractivity (Wildman–Crippen MR) is 95.4 cm³/mol. The molecule has 0 fully saturated rings. The fourth-order valence-corrected chi connectivity index (χ4v) is 2.06. The van der Waals surface area contributed by atoms with Crippen molar-refractivity contribution in [2.24, 2.45) is 0 Å². The van der Waals surface area contributed by atoms with Crippen LogP contribution in [-0.2, 0) is 0 Å². The van der Waals surface area contributed by atoms with E-state index < -0.39 is 0 Å². The van der Waals surface area contributed by atoms with Gasteiger partial charge in [-0.3, -0.25) is 0 Å². The number of nitriles is 2. The molecule has 0 aliphatic heterocycles. The first-order valence-corrected chi connectivity index (χ1v) is 7.43. The van der Waals surface area contributed by atoms with E-state index in [1.165, 1.54) is 6.08 Å². The smallest absolute Gasteiger partial charge is 0.129 e. The summed E-state index contributed by atoms with van der Waals surface area (Å²) in [6.45, 7) is 0. The van der Waals surface area contributed by atoms with Gasteiger partial charge >= 0.3 is 0 Å². The van der Waals surface area contributed by atoms with E-state index in [9.17, 15) is 0 Å². The average molecular weight is 336 g/mol. The van der Waals surface area contributed by atoms with Gasteiger partial charge in [-0.1, -0.05) is 23.7 Å². The van der Waals surface area contributed by atoms with Crippen molar-refractivity contribution in [3.63, 3.8) is 0 Å². The fraction of sp³-hybridized carbons (Fsp3) is 0.0526. The highest BCUT2D eigenvalue weighted by atomic mass is 35.5. The van der Waals surface area contributed by atoms with Crippen molar-refractivity contribution in [1.82, 2.24) is 0 Å². The molecule has 2 aromatic rings. The van der Waals surface area contributed by atoms with Crippen LogP contribution in [0.4, 0.5) is 5.69 Å². The van der Waals surface area contributed by atoms with Gasteiger partial charge in [0.05, 0.1) is 7.11 Å².